The Labute approximate surface area is 103 Å². The van der Waals surface area contributed by atoms with E-state index in [4.69, 9.17) is 5.11 Å². The average molecular weight is 258 g/mol. The van der Waals surface area contributed by atoms with Gasteiger partial charge in [0, 0.05) is 12.6 Å². The minimum atomic E-state index is -1.24. The lowest BCUT2D eigenvalue weighted by molar-refractivity contribution is 0.0651. The quantitative estimate of drug-likeness (QED) is 0.715. The first-order chi connectivity index (χ1) is 8.15. The number of aromatic nitrogens is 1. The summed E-state index contributed by atoms with van der Waals surface area (Å²) in [6.07, 6.45) is 3.94. The molecule has 0 radical (unpaired) electrons. The van der Waals surface area contributed by atoms with Crippen molar-refractivity contribution in [3.05, 3.63) is 17.5 Å². The molecule has 0 fully saturated rings. The lowest BCUT2D eigenvalue weighted by Gasteiger charge is -2.01. The van der Waals surface area contributed by atoms with E-state index >= 15 is 0 Å². The van der Waals surface area contributed by atoms with Gasteiger partial charge in [-0.25, -0.2) is 4.79 Å². The first-order valence-corrected chi connectivity index (χ1v) is 6.51. The minimum absolute atomic E-state index is 0.00716. The molecule has 0 unspecified atom stereocenters. The number of rotatable bonds is 7. The molecule has 2 N–H and O–H groups in total. The number of nitrogens with zero attached hydrogens (tertiary/aromatic N) is 1. The van der Waals surface area contributed by atoms with Crippen LogP contribution < -0.4 is 5.32 Å². The largest absolute Gasteiger partial charge is 0.475 e. The van der Waals surface area contributed by atoms with Crippen molar-refractivity contribution in [3.8, 4) is 0 Å². The summed E-state index contributed by atoms with van der Waals surface area (Å²) in [6, 6.07) is 1.11. The van der Waals surface area contributed by atoms with Crippen LogP contribution in [0.25, 0.3) is 0 Å². The number of carboxylic acids is 1. The highest BCUT2D eigenvalue weighted by atomic mass is 32.2. The summed E-state index contributed by atoms with van der Waals surface area (Å²) in [6.45, 7) is 0.550. The predicted octanol–water partition coefficient (Wildman–Crippen LogP) is 1.25. The summed E-state index contributed by atoms with van der Waals surface area (Å²) in [7, 11) is 0. The molecular formula is C10H14N2O4S. The van der Waals surface area contributed by atoms with Crippen LogP contribution in [0.1, 0.15) is 33.9 Å². The topological polar surface area (TPSA) is 92.4 Å². The zero-order chi connectivity index (χ0) is 12.7. The number of carbonyl (C=O) groups excluding carboxylic acids is 1. The SMILES string of the molecule is CSCCCCNC(=O)c1cc(C(=O)O)on1. The number of unbranched alkanes of at least 4 members (excludes halogenated alkanes) is 1. The number of thioether (sulfide) groups is 1. The van der Waals surface area contributed by atoms with E-state index in [1.165, 1.54) is 0 Å². The molecular weight excluding hydrogens is 244 g/mol. The molecule has 0 saturated carbocycles. The molecule has 1 aromatic heterocycles. The van der Waals surface area contributed by atoms with E-state index in [9.17, 15) is 9.59 Å². The summed E-state index contributed by atoms with van der Waals surface area (Å²) in [5.41, 5.74) is -0.00716. The molecule has 0 aliphatic heterocycles. The third-order valence-electron chi connectivity index (χ3n) is 2.01. The van der Waals surface area contributed by atoms with Crippen LogP contribution in [-0.4, -0.2) is 40.7 Å². The van der Waals surface area contributed by atoms with Crippen molar-refractivity contribution in [1.82, 2.24) is 10.5 Å². The minimum Gasteiger partial charge on any atom is -0.475 e. The number of amides is 1. The van der Waals surface area contributed by atoms with Gasteiger partial charge in [0.05, 0.1) is 0 Å². The monoisotopic (exact) mass is 258 g/mol. The molecule has 7 heteroatoms. The fourth-order valence-electron chi connectivity index (χ4n) is 1.15. The molecule has 1 heterocycles. The fraction of sp³-hybridized carbons (Fsp3) is 0.500. The number of carbonyl (C=O) groups is 2. The number of carboxylic acid groups (broad SMARTS) is 1. The van der Waals surface area contributed by atoms with Crippen molar-refractivity contribution in [3.63, 3.8) is 0 Å². The Morgan fingerprint density at radius 1 is 1.53 bits per heavy atom. The molecule has 1 amide bonds. The third-order valence-corrected chi connectivity index (χ3v) is 2.71. The van der Waals surface area contributed by atoms with Gasteiger partial charge in [0.15, 0.2) is 5.69 Å². The third kappa shape index (κ3) is 4.48. The summed E-state index contributed by atoms with van der Waals surface area (Å²) in [5.74, 6) is -0.928. The van der Waals surface area contributed by atoms with E-state index in [1.807, 2.05) is 6.26 Å². The van der Waals surface area contributed by atoms with Crippen molar-refractivity contribution in [2.45, 2.75) is 12.8 Å². The Kier molecular flexibility index (Phi) is 5.55. The van der Waals surface area contributed by atoms with Crippen molar-refractivity contribution >= 4 is 23.6 Å². The maximum absolute atomic E-state index is 11.5. The second-order valence-electron chi connectivity index (χ2n) is 3.34. The zero-order valence-electron chi connectivity index (χ0n) is 9.43. The molecule has 0 bridgehead atoms. The van der Waals surface area contributed by atoms with Gasteiger partial charge in [-0.15, -0.1) is 0 Å². The van der Waals surface area contributed by atoms with E-state index in [1.54, 1.807) is 11.8 Å². The molecule has 0 aromatic carbocycles. The maximum atomic E-state index is 11.5. The van der Waals surface area contributed by atoms with Crippen LogP contribution >= 0.6 is 11.8 Å². The van der Waals surface area contributed by atoms with E-state index in [0.717, 1.165) is 24.7 Å². The Morgan fingerprint density at radius 2 is 2.29 bits per heavy atom. The number of aromatic carboxylic acids is 1. The Morgan fingerprint density at radius 3 is 2.88 bits per heavy atom. The van der Waals surface area contributed by atoms with Crippen molar-refractivity contribution < 1.29 is 19.2 Å². The van der Waals surface area contributed by atoms with Crippen LogP contribution in [0.15, 0.2) is 10.6 Å². The molecule has 94 valence electrons. The first kappa shape index (κ1) is 13.6. The maximum Gasteiger partial charge on any atom is 0.374 e. The van der Waals surface area contributed by atoms with Gasteiger partial charge >= 0.3 is 5.97 Å². The fourth-order valence-corrected chi connectivity index (χ4v) is 1.64. The van der Waals surface area contributed by atoms with E-state index in [0.29, 0.717) is 6.54 Å². The van der Waals surface area contributed by atoms with Crippen molar-refractivity contribution in [2.24, 2.45) is 0 Å². The predicted molar refractivity (Wildman–Crippen MR) is 63.4 cm³/mol. The number of nitrogens with one attached hydrogen (secondary N) is 1. The normalized spacial score (nSPS) is 10.2. The second-order valence-corrected chi connectivity index (χ2v) is 4.32. The standard InChI is InChI=1S/C10H14N2O4S/c1-17-5-3-2-4-11-9(13)7-6-8(10(14)15)16-12-7/h6H,2-5H2,1H3,(H,11,13)(H,14,15). The lowest BCUT2D eigenvalue weighted by atomic mass is 10.3. The smallest absolute Gasteiger partial charge is 0.374 e. The van der Waals surface area contributed by atoms with Crippen molar-refractivity contribution in [1.29, 1.82) is 0 Å². The van der Waals surface area contributed by atoms with Gasteiger partial charge in [-0.3, -0.25) is 4.79 Å². The zero-order valence-corrected chi connectivity index (χ0v) is 10.2. The highest BCUT2D eigenvalue weighted by Crippen LogP contribution is 2.03. The van der Waals surface area contributed by atoms with Gasteiger partial charge in [0.25, 0.3) is 5.91 Å². The van der Waals surface area contributed by atoms with E-state index in [-0.39, 0.29) is 11.5 Å². The lowest BCUT2D eigenvalue weighted by Crippen LogP contribution is -2.24. The van der Waals surface area contributed by atoms with Crippen LogP contribution in [0.2, 0.25) is 0 Å². The molecule has 6 nitrogen and oxygen atoms in total. The highest BCUT2D eigenvalue weighted by Gasteiger charge is 2.15. The molecule has 0 aliphatic rings. The molecule has 0 spiro atoms. The van der Waals surface area contributed by atoms with E-state index < -0.39 is 11.9 Å². The van der Waals surface area contributed by atoms with Gasteiger partial charge < -0.3 is 14.9 Å². The Hall–Kier alpha value is -1.50. The van der Waals surface area contributed by atoms with Crippen LogP contribution in [-0.2, 0) is 0 Å². The average Bonchev–Trinajstić information content (AvgIpc) is 2.78. The Bertz CT molecular complexity index is 391. The first-order valence-electron chi connectivity index (χ1n) is 5.12. The van der Waals surface area contributed by atoms with Gasteiger partial charge in [0.2, 0.25) is 5.76 Å². The molecule has 0 aliphatic carbocycles. The molecule has 1 rings (SSSR count). The van der Waals surface area contributed by atoms with Crippen molar-refractivity contribution in [2.75, 3.05) is 18.6 Å². The van der Waals surface area contributed by atoms with Crippen LogP contribution in [0.4, 0.5) is 0 Å². The molecule has 0 saturated heterocycles. The highest BCUT2D eigenvalue weighted by molar-refractivity contribution is 7.98. The molecule has 0 atom stereocenters. The van der Waals surface area contributed by atoms with Gasteiger partial charge in [-0.05, 0) is 24.9 Å². The summed E-state index contributed by atoms with van der Waals surface area (Å²) in [5, 5.41) is 14.6. The Balaban J connectivity index is 2.34. The second kappa shape index (κ2) is 6.95. The van der Waals surface area contributed by atoms with Crippen LogP contribution in [0.5, 0.6) is 0 Å². The van der Waals surface area contributed by atoms with Crippen LogP contribution in [0.3, 0.4) is 0 Å². The van der Waals surface area contributed by atoms with Gasteiger partial charge in [0.1, 0.15) is 0 Å². The van der Waals surface area contributed by atoms with Crippen LogP contribution in [0, 0.1) is 0 Å². The molecule has 17 heavy (non-hydrogen) atoms. The summed E-state index contributed by atoms with van der Waals surface area (Å²) >= 11 is 1.76. The number of hydrogen-bond donors (Lipinski definition) is 2. The molecule has 1 aromatic rings. The summed E-state index contributed by atoms with van der Waals surface area (Å²) in [4.78, 5) is 22.0. The van der Waals surface area contributed by atoms with Gasteiger partial charge in [-0.1, -0.05) is 5.16 Å². The van der Waals surface area contributed by atoms with Gasteiger partial charge in [-0.2, -0.15) is 11.8 Å². The van der Waals surface area contributed by atoms with E-state index in [2.05, 4.69) is 15.0 Å². The number of hydrogen-bond acceptors (Lipinski definition) is 5. The summed E-state index contributed by atoms with van der Waals surface area (Å²) < 4.78 is 4.48.